The van der Waals surface area contributed by atoms with Crippen LogP contribution in [0.1, 0.15) is 19.3 Å². The van der Waals surface area contributed by atoms with Crippen molar-refractivity contribution >= 4 is 51.5 Å². The third kappa shape index (κ3) is 4.76. The molecule has 0 atom stereocenters. The van der Waals surface area contributed by atoms with Gasteiger partial charge in [0.05, 0.1) is 27.6 Å². The van der Waals surface area contributed by atoms with E-state index < -0.39 is 0 Å². The van der Waals surface area contributed by atoms with E-state index in [9.17, 15) is 0 Å². The lowest BCUT2D eigenvalue weighted by Crippen LogP contribution is -2.14. The Labute approximate surface area is 197 Å². The molecule has 0 bridgehead atoms. The van der Waals surface area contributed by atoms with E-state index in [1.165, 1.54) is 30.7 Å². The lowest BCUT2D eigenvalue weighted by Gasteiger charge is -2.21. The molecule has 0 unspecified atom stereocenters. The third-order valence-electron chi connectivity index (χ3n) is 5.49. The highest BCUT2D eigenvalue weighted by Crippen LogP contribution is 2.31. The minimum Gasteiger partial charge on any atom is -0.316 e. The highest BCUT2D eigenvalue weighted by atomic mass is 35.5. The second-order valence-electron chi connectivity index (χ2n) is 7.75. The number of hydrogen-bond acceptors (Lipinski definition) is 6. The van der Waals surface area contributed by atoms with Crippen molar-refractivity contribution in [1.29, 1.82) is 0 Å². The van der Waals surface area contributed by atoms with Crippen LogP contribution in [0.5, 0.6) is 0 Å². The molecule has 1 aliphatic heterocycles. The van der Waals surface area contributed by atoms with Gasteiger partial charge in [-0.2, -0.15) is 0 Å². The minimum atomic E-state index is 0.663. The van der Waals surface area contributed by atoms with E-state index in [-0.39, 0.29) is 0 Å². The van der Waals surface area contributed by atoms with Crippen LogP contribution in [0.2, 0.25) is 5.02 Å². The molecule has 0 saturated carbocycles. The standard InChI is InChI=1S/C25H24ClN5S/c26-23-10-7-20(16-22(23)25-11-4-18-17-27-13-12-24(18)28-25)30-29-19-5-8-21(9-6-19)31-14-2-1-3-15-32-31/h4-13,16-17,29-30H,1-3,14-15H2. The van der Waals surface area contributed by atoms with Crippen LogP contribution in [0.4, 0.5) is 17.1 Å². The number of nitrogens with zero attached hydrogens (tertiary/aromatic N) is 3. The zero-order valence-corrected chi connectivity index (χ0v) is 19.2. The van der Waals surface area contributed by atoms with E-state index in [2.05, 4.69) is 44.4 Å². The van der Waals surface area contributed by atoms with Crippen LogP contribution in [-0.4, -0.2) is 22.3 Å². The van der Waals surface area contributed by atoms with Crippen molar-refractivity contribution in [3.8, 4) is 11.3 Å². The van der Waals surface area contributed by atoms with Crippen LogP contribution in [0.25, 0.3) is 22.2 Å². The number of fused-ring (bicyclic) bond motifs is 1. The number of nitrogens with one attached hydrogen (secondary N) is 2. The lowest BCUT2D eigenvalue weighted by molar-refractivity contribution is 0.751. The van der Waals surface area contributed by atoms with Gasteiger partial charge in [0, 0.05) is 41.3 Å². The van der Waals surface area contributed by atoms with E-state index in [1.54, 1.807) is 6.20 Å². The van der Waals surface area contributed by atoms with Gasteiger partial charge >= 0.3 is 0 Å². The molecule has 32 heavy (non-hydrogen) atoms. The van der Waals surface area contributed by atoms with Crippen LogP contribution in [0.3, 0.4) is 0 Å². The number of benzene rings is 2. The smallest absolute Gasteiger partial charge is 0.0740 e. The quantitative estimate of drug-likeness (QED) is 0.246. The fourth-order valence-corrected chi connectivity index (χ4v) is 5.04. The second-order valence-corrected chi connectivity index (χ2v) is 9.27. The van der Waals surface area contributed by atoms with Crippen molar-refractivity contribution in [2.75, 3.05) is 27.5 Å². The molecule has 0 aliphatic carbocycles. The molecule has 0 spiro atoms. The lowest BCUT2D eigenvalue weighted by atomic mass is 10.1. The minimum absolute atomic E-state index is 0.663. The average molecular weight is 462 g/mol. The first-order chi connectivity index (χ1) is 15.8. The van der Waals surface area contributed by atoms with Gasteiger partial charge < -0.3 is 15.2 Å². The number of hydrazine groups is 1. The summed E-state index contributed by atoms with van der Waals surface area (Å²) in [7, 11) is 0. The summed E-state index contributed by atoms with van der Waals surface area (Å²) in [5.74, 6) is 1.20. The average Bonchev–Trinajstić information content (AvgIpc) is 3.13. The molecular weight excluding hydrogens is 438 g/mol. The Bertz CT molecular complexity index is 1210. The van der Waals surface area contributed by atoms with Gasteiger partial charge in [-0.25, -0.2) is 4.98 Å². The molecule has 2 N–H and O–H groups in total. The Morgan fingerprint density at radius 2 is 1.72 bits per heavy atom. The highest BCUT2D eigenvalue weighted by Gasteiger charge is 2.11. The predicted molar refractivity (Wildman–Crippen MR) is 137 cm³/mol. The summed E-state index contributed by atoms with van der Waals surface area (Å²) in [6.07, 6.45) is 7.45. The second kappa shape index (κ2) is 9.67. The van der Waals surface area contributed by atoms with Crippen LogP contribution in [-0.2, 0) is 0 Å². The van der Waals surface area contributed by atoms with E-state index in [4.69, 9.17) is 16.6 Å². The maximum Gasteiger partial charge on any atom is 0.0740 e. The van der Waals surface area contributed by atoms with Gasteiger partial charge in [-0.15, -0.1) is 0 Å². The normalized spacial score (nSPS) is 14.2. The van der Waals surface area contributed by atoms with Crippen LogP contribution in [0, 0.1) is 0 Å². The van der Waals surface area contributed by atoms with Crippen molar-refractivity contribution in [2.45, 2.75) is 19.3 Å². The van der Waals surface area contributed by atoms with E-state index in [1.807, 2.05) is 54.5 Å². The first-order valence-electron chi connectivity index (χ1n) is 10.8. The van der Waals surface area contributed by atoms with E-state index in [0.29, 0.717) is 5.02 Å². The fraction of sp³-hybridized carbons (Fsp3) is 0.200. The molecule has 0 amide bonds. The number of hydrogen-bond donors (Lipinski definition) is 2. The maximum absolute atomic E-state index is 6.49. The molecular formula is C25H24ClN5S. The molecule has 1 fully saturated rings. The first kappa shape index (κ1) is 20.9. The number of halogens is 1. The zero-order valence-electron chi connectivity index (χ0n) is 17.6. The fourth-order valence-electron chi connectivity index (χ4n) is 3.75. The Hall–Kier alpha value is -2.96. The van der Waals surface area contributed by atoms with Crippen molar-refractivity contribution < 1.29 is 0 Å². The first-order valence-corrected chi connectivity index (χ1v) is 12.1. The van der Waals surface area contributed by atoms with Gasteiger partial charge in [-0.1, -0.05) is 18.0 Å². The van der Waals surface area contributed by atoms with Crippen molar-refractivity contribution in [3.05, 3.63) is 78.1 Å². The number of pyridine rings is 2. The summed E-state index contributed by atoms with van der Waals surface area (Å²) in [6.45, 7) is 1.11. The Morgan fingerprint density at radius 3 is 2.62 bits per heavy atom. The Balaban J connectivity index is 1.29. The van der Waals surface area contributed by atoms with Crippen LogP contribution < -0.4 is 15.2 Å². The summed E-state index contributed by atoms with van der Waals surface area (Å²) in [4.78, 5) is 8.90. The molecule has 2 aromatic heterocycles. The molecule has 4 aromatic rings. The summed E-state index contributed by atoms with van der Waals surface area (Å²) in [5, 5.41) is 1.67. The maximum atomic E-state index is 6.49. The van der Waals surface area contributed by atoms with Crippen LogP contribution in [0.15, 0.2) is 73.1 Å². The summed E-state index contributed by atoms with van der Waals surface area (Å²) in [5.41, 5.74) is 12.3. The van der Waals surface area contributed by atoms with Gasteiger partial charge in [-0.05, 0) is 85.5 Å². The summed E-state index contributed by atoms with van der Waals surface area (Å²) in [6, 6.07) is 20.3. The summed E-state index contributed by atoms with van der Waals surface area (Å²) >= 11 is 8.42. The molecule has 1 aliphatic rings. The van der Waals surface area contributed by atoms with Crippen molar-refractivity contribution in [3.63, 3.8) is 0 Å². The van der Waals surface area contributed by atoms with Crippen molar-refractivity contribution in [1.82, 2.24) is 9.97 Å². The Kier molecular flexibility index (Phi) is 6.32. The molecule has 1 saturated heterocycles. The topological polar surface area (TPSA) is 53.1 Å². The Morgan fingerprint density at radius 1 is 0.875 bits per heavy atom. The largest absolute Gasteiger partial charge is 0.316 e. The highest BCUT2D eigenvalue weighted by molar-refractivity contribution is 8.00. The predicted octanol–water partition coefficient (Wildman–Crippen LogP) is 7.03. The monoisotopic (exact) mass is 461 g/mol. The third-order valence-corrected chi connectivity index (χ3v) is 7.00. The molecule has 3 heterocycles. The van der Waals surface area contributed by atoms with Gasteiger partial charge in [0.2, 0.25) is 0 Å². The van der Waals surface area contributed by atoms with E-state index in [0.717, 1.165) is 40.1 Å². The van der Waals surface area contributed by atoms with Gasteiger partial charge in [0.1, 0.15) is 0 Å². The van der Waals surface area contributed by atoms with E-state index >= 15 is 0 Å². The van der Waals surface area contributed by atoms with Crippen molar-refractivity contribution in [2.24, 2.45) is 0 Å². The molecule has 5 rings (SSSR count). The molecule has 162 valence electrons. The summed E-state index contributed by atoms with van der Waals surface area (Å²) < 4.78 is 2.41. The number of aromatic nitrogens is 2. The molecule has 0 radical (unpaired) electrons. The SMILES string of the molecule is Clc1ccc(NNc2ccc(N3CCCCCS3)cc2)cc1-c1ccc2cnccc2n1. The van der Waals surface area contributed by atoms with Gasteiger partial charge in [0.25, 0.3) is 0 Å². The zero-order chi connectivity index (χ0) is 21.8. The molecule has 2 aromatic carbocycles. The number of rotatable bonds is 5. The van der Waals surface area contributed by atoms with Gasteiger partial charge in [-0.3, -0.25) is 4.98 Å². The molecule has 5 nitrogen and oxygen atoms in total. The van der Waals surface area contributed by atoms with Crippen LogP contribution >= 0.6 is 23.5 Å². The molecule has 7 heteroatoms. The van der Waals surface area contributed by atoms with Gasteiger partial charge in [0.15, 0.2) is 0 Å². The number of anilines is 3.